The highest BCUT2D eigenvalue weighted by Gasteiger charge is 2.38. The van der Waals surface area contributed by atoms with Crippen LogP contribution >= 0.6 is 0 Å². The Morgan fingerprint density at radius 3 is 2.24 bits per heavy atom. The monoisotopic (exact) mass is 372 g/mol. The summed E-state index contributed by atoms with van der Waals surface area (Å²) < 4.78 is 61.1. The number of nitrogens with two attached hydrogens (primary N) is 1. The smallest absolute Gasteiger partial charge is 0.399 e. The number of sulfone groups is 1. The Morgan fingerprint density at radius 2 is 1.68 bits per heavy atom. The van der Waals surface area contributed by atoms with Gasteiger partial charge >= 0.3 is 12.1 Å². The molecule has 0 spiro atoms. The summed E-state index contributed by atoms with van der Waals surface area (Å²) in [6, 6.07) is 11.6. The number of nitrogens with one attached hydrogen (secondary N) is 1. The van der Waals surface area contributed by atoms with Crippen molar-refractivity contribution >= 4 is 21.4 Å². The third-order valence-corrected chi connectivity index (χ3v) is 5.13. The Balaban J connectivity index is 2.06. The molecule has 134 valence electrons. The van der Waals surface area contributed by atoms with Gasteiger partial charge in [-0.15, -0.1) is 0 Å². The molecule has 0 aromatic heterocycles. The van der Waals surface area contributed by atoms with Crippen LogP contribution in [0, 0.1) is 0 Å². The fraction of sp³-hybridized carbons (Fsp3) is 0.188. The van der Waals surface area contributed by atoms with E-state index in [-0.39, 0.29) is 22.8 Å². The maximum atomic E-state index is 12.5. The molecule has 0 aliphatic heterocycles. The summed E-state index contributed by atoms with van der Waals surface area (Å²) in [7, 11) is -3.73. The lowest BCUT2D eigenvalue weighted by atomic mass is 10.1. The Morgan fingerprint density at radius 1 is 1.04 bits per heavy atom. The minimum atomic E-state index is -4.92. The molecule has 0 aliphatic carbocycles. The fourth-order valence-corrected chi connectivity index (χ4v) is 3.39. The van der Waals surface area contributed by atoms with E-state index in [1.165, 1.54) is 42.5 Å². The van der Waals surface area contributed by atoms with E-state index in [0.29, 0.717) is 11.3 Å². The number of anilines is 1. The Kier molecular flexibility index (Phi) is 5.36. The number of carbonyl (C=O) groups is 1. The lowest BCUT2D eigenvalue weighted by Crippen LogP contribution is -2.37. The van der Waals surface area contributed by atoms with Gasteiger partial charge < -0.3 is 11.1 Å². The number of benzene rings is 2. The first kappa shape index (κ1) is 18.8. The average molecular weight is 372 g/mol. The number of halogens is 3. The molecule has 2 aromatic carbocycles. The van der Waals surface area contributed by atoms with Gasteiger partial charge in [-0.25, -0.2) is 8.42 Å². The van der Waals surface area contributed by atoms with Gasteiger partial charge in [0.2, 0.25) is 9.84 Å². The van der Waals surface area contributed by atoms with E-state index in [9.17, 15) is 26.4 Å². The number of hydrogen-bond acceptors (Lipinski definition) is 4. The van der Waals surface area contributed by atoms with Gasteiger partial charge in [0, 0.05) is 12.2 Å². The van der Waals surface area contributed by atoms with Gasteiger partial charge in [0.1, 0.15) is 0 Å². The van der Waals surface area contributed by atoms with Gasteiger partial charge in [-0.3, -0.25) is 4.79 Å². The zero-order chi connectivity index (χ0) is 18.7. The van der Waals surface area contributed by atoms with E-state index in [4.69, 9.17) is 5.73 Å². The third-order valence-electron chi connectivity index (χ3n) is 3.36. The minimum Gasteiger partial charge on any atom is -0.399 e. The molecular weight excluding hydrogens is 357 g/mol. The van der Waals surface area contributed by atoms with Gasteiger partial charge in [0.25, 0.3) is 0 Å². The van der Waals surface area contributed by atoms with Crippen LogP contribution in [0.5, 0.6) is 0 Å². The second kappa shape index (κ2) is 7.14. The van der Waals surface area contributed by atoms with E-state index in [2.05, 4.69) is 0 Å². The number of rotatable bonds is 5. The predicted molar refractivity (Wildman–Crippen MR) is 85.5 cm³/mol. The van der Waals surface area contributed by atoms with Crippen LogP contribution < -0.4 is 11.1 Å². The molecule has 25 heavy (non-hydrogen) atoms. The van der Waals surface area contributed by atoms with Gasteiger partial charge in [-0.1, -0.05) is 18.2 Å². The van der Waals surface area contributed by atoms with Crippen LogP contribution in [0.25, 0.3) is 0 Å². The standard InChI is InChI=1S/C16H15F3N2O3S/c17-16(18,19)15(22)21-9-8-11-4-6-13(7-5-11)25(23,24)14-3-1-2-12(20)10-14/h1-7,10H,8-9,20H2,(H,21,22). The molecule has 2 rings (SSSR count). The summed E-state index contributed by atoms with van der Waals surface area (Å²) >= 11 is 0. The summed E-state index contributed by atoms with van der Waals surface area (Å²) in [5.41, 5.74) is 6.50. The van der Waals surface area contributed by atoms with Crippen molar-refractivity contribution in [3.8, 4) is 0 Å². The number of nitrogen functional groups attached to an aromatic ring is 1. The van der Waals surface area contributed by atoms with Gasteiger partial charge in [0.05, 0.1) is 9.79 Å². The zero-order valence-electron chi connectivity index (χ0n) is 12.9. The van der Waals surface area contributed by atoms with Crippen molar-refractivity contribution in [2.45, 2.75) is 22.4 Å². The van der Waals surface area contributed by atoms with Crippen LogP contribution in [0.2, 0.25) is 0 Å². The molecule has 0 unspecified atom stereocenters. The van der Waals surface area contributed by atoms with Crippen molar-refractivity contribution in [3.63, 3.8) is 0 Å². The topological polar surface area (TPSA) is 89.3 Å². The highest BCUT2D eigenvalue weighted by molar-refractivity contribution is 7.91. The maximum absolute atomic E-state index is 12.5. The summed E-state index contributed by atoms with van der Waals surface area (Å²) in [5.74, 6) is -2.01. The Labute approximate surface area is 142 Å². The lowest BCUT2D eigenvalue weighted by molar-refractivity contribution is -0.173. The molecule has 3 N–H and O–H groups in total. The quantitative estimate of drug-likeness (QED) is 0.789. The molecule has 2 aromatic rings. The molecule has 1 amide bonds. The van der Waals surface area contributed by atoms with Crippen molar-refractivity contribution in [2.24, 2.45) is 0 Å². The van der Waals surface area contributed by atoms with Crippen LogP contribution in [0.15, 0.2) is 58.3 Å². The van der Waals surface area contributed by atoms with Crippen molar-refractivity contribution in [2.75, 3.05) is 12.3 Å². The van der Waals surface area contributed by atoms with Crippen molar-refractivity contribution in [3.05, 3.63) is 54.1 Å². The highest BCUT2D eigenvalue weighted by atomic mass is 32.2. The molecule has 0 saturated carbocycles. The molecule has 0 fully saturated rings. The normalized spacial score (nSPS) is 12.0. The number of alkyl halides is 3. The first-order chi connectivity index (χ1) is 11.6. The summed E-state index contributed by atoms with van der Waals surface area (Å²) in [5, 5.41) is 1.75. The lowest BCUT2D eigenvalue weighted by Gasteiger charge is -2.09. The fourth-order valence-electron chi connectivity index (χ4n) is 2.07. The number of carbonyl (C=O) groups excluding carboxylic acids is 1. The van der Waals surface area contributed by atoms with E-state index in [1.54, 1.807) is 11.4 Å². The number of hydrogen-bond donors (Lipinski definition) is 2. The van der Waals surface area contributed by atoms with Crippen molar-refractivity contribution < 1.29 is 26.4 Å². The second-order valence-electron chi connectivity index (χ2n) is 5.22. The molecule has 0 saturated heterocycles. The average Bonchev–Trinajstić information content (AvgIpc) is 2.54. The van der Waals surface area contributed by atoms with Crippen LogP contribution in [0.4, 0.5) is 18.9 Å². The van der Waals surface area contributed by atoms with Crippen LogP contribution in [0.1, 0.15) is 5.56 Å². The molecule has 0 bridgehead atoms. The van der Waals surface area contributed by atoms with E-state index in [0.717, 1.165) is 0 Å². The van der Waals surface area contributed by atoms with Crippen LogP contribution in [-0.4, -0.2) is 27.0 Å². The van der Waals surface area contributed by atoms with Crippen LogP contribution in [0.3, 0.4) is 0 Å². The molecule has 0 atom stereocenters. The molecule has 0 radical (unpaired) electrons. The maximum Gasteiger partial charge on any atom is 0.471 e. The van der Waals surface area contributed by atoms with Gasteiger partial charge in [-0.2, -0.15) is 13.2 Å². The minimum absolute atomic E-state index is 0.0428. The number of amides is 1. The van der Waals surface area contributed by atoms with Crippen molar-refractivity contribution in [1.82, 2.24) is 5.32 Å². The molecule has 9 heteroatoms. The van der Waals surface area contributed by atoms with E-state index in [1.807, 2.05) is 0 Å². The molecular formula is C16H15F3N2O3S. The second-order valence-corrected chi connectivity index (χ2v) is 7.17. The Hall–Kier alpha value is -2.55. The van der Waals surface area contributed by atoms with Gasteiger partial charge in [-0.05, 0) is 42.3 Å². The Bertz CT molecular complexity index is 863. The van der Waals surface area contributed by atoms with Crippen LogP contribution in [-0.2, 0) is 21.1 Å². The largest absolute Gasteiger partial charge is 0.471 e. The summed E-state index contributed by atoms with van der Waals surface area (Å²) in [6.07, 6.45) is -4.78. The van der Waals surface area contributed by atoms with E-state index >= 15 is 0 Å². The predicted octanol–water partition coefficient (Wildman–Crippen LogP) is 2.32. The summed E-state index contributed by atoms with van der Waals surface area (Å²) in [4.78, 5) is 10.8. The SMILES string of the molecule is Nc1cccc(S(=O)(=O)c2ccc(CCNC(=O)C(F)(F)F)cc2)c1. The zero-order valence-corrected chi connectivity index (χ0v) is 13.7. The third kappa shape index (κ3) is 4.72. The van der Waals surface area contributed by atoms with Gasteiger partial charge in [0.15, 0.2) is 0 Å². The highest BCUT2D eigenvalue weighted by Crippen LogP contribution is 2.22. The van der Waals surface area contributed by atoms with E-state index < -0.39 is 21.9 Å². The molecule has 0 heterocycles. The first-order valence-corrected chi connectivity index (χ1v) is 8.63. The molecule has 5 nitrogen and oxygen atoms in total. The molecule has 0 aliphatic rings. The van der Waals surface area contributed by atoms with Crippen molar-refractivity contribution in [1.29, 1.82) is 0 Å². The first-order valence-electron chi connectivity index (χ1n) is 7.15. The summed E-state index contributed by atoms with van der Waals surface area (Å²) in [6.45, 7) is -0.209.